The first-order valence-electron chi connectivity index (χ1n) is 9.02. The Labute approximate surface area is 158 Å². The summed E-state index contributed by atoms with van der Waals surface area (Å²) in [4.78, 5) is 23.3. The van der Waals surface area contributed by atoms with E-state index in [4.69, 9.17) is 19.3 Å². The van der Waals surface area contributed by atoms with Gasteiger partial charge < -0.3 is 19.3 Å². The third-order valence-electron chi connectivity index (χ3n) is 3.89. The van der Waals surface area contributed by atoms with Crippen LogP contribution in [0.15, 0.2) is 42.5 Å². The van der Waals surface area contributed by atoms with E-state index in [0.29, 0.717) is 35.7 Å². The largest absolute Gasteiger partial charge is 0.511 e. The SMILES string of the molecule is CCCCCc1cc(C(=O)Oc2ccc(OCC)cc2)ccc1OC(=O)O. The maximum Gasteiger partial charge on any atom is 0.511 e. The Hall–Kier alpha value is -3.02. The molecule has 0 aromatic heterocycles. The molecular formula is C21H24O6. The molecule has 0 spiro atoms. The van der Waals surface area contributed by atoms with E-state index in [2.05, 4.69) is 6.92 Å². The molecule has 0 saturated heterocycles. The highest BCUT2D eigenvalue weighted by atomic mass is 16.7. The van der Waals surface area contributed by atoms with Crippen LogP contribution in [0.3, 0.4) is 0 Å². The number of benzene rings is 2. The standard InChI is InChI=1S/C21H24O6/c1-3-5-6-7-15-14-16(8-13-19(15)27-21(23)24)20(22)26-18-11-9-17(10-12-18)25-4-2/h8-14H,3-7H2,1-2H3,(H,23,24). The molecule has 0 aliphatic carbocycles. The van der Waals surface area contributed by atoms with Crippen molar-refractivity contribution in [2.24, 2.45) is 0 Å². The van der Waals surface area contributed by atoms with Crippen molar-refractivity contribution in [3.63, 3.8) is 0 Å². The topological polar surface area (TPSA) is 82.1 Å². The predicted octanol–water partition coefficient (Wildman–Crippen LogP) is 5.09. The second kappa shape index (κ2) is 10.2. The monoisotopic (exact) mass is 372 g/mol. The van der Waals surface area contributed by atoms with Gasteiger partial charge in [0, 0.05) is 0 Å². The van der Waals surface area contributed by atoms with Crippen LogP contribution in [-0.4, -0.2) is 23.8 Å². The molecule has 0 aliphatic heterocycles. The number of esters is 1. The maximum absolute atomic E-state index is 12.4. The highest BCUT2D eigenvalue weighted by molar-refractivity contribution is 5.91. The van der Waals surface area contributed by atoms with Gasteiger partial charge >= 0.3 is 12.1 Å². The van der Waals surface area contributed by atoms with Crippen LogP contribution in [0.1, 0.15) is 49.0 Å². The summed E-state index contributed by atoms with van der Waals surface area (Å²) in [6.07, 6.45) is 2.17. The smallest absolute Gasteiger partial charge is 0.494 e. The molecule has 0 heterocycles. The number of hydrogen-bond donors (Lipinski definition) is 1. The van der Waals surface area contributed by atoms with Gasteiger partial charge in [-0.3, -0.25) is 0 Å². The van der Waals surface area contributed by atoms with E-state index in [9.17, 15) is 9.59 Å². The summed E-state index contributed by atoms with van der Waals surface area (Å²) >= 11 is 0. The van der Waals surface area contributed by atoms with E-state index >= 15 is 0 Å². The number of ether oxygens (including phenoxy) is 3. The van der Waals surface area contributed by atoms with E-state index in [0.717, 1.165) is 19.3 Å². The zero-order valence-electron chi connectivity index (χ0n) is 15.6. The third-order valence-corrected chi connectivity index (χ3v) is 3.89. The van der Waals surface area contributed by atoms with Crippen LogP contribution < -0.4 is 14.2 Å². The minimum atomic E-state index is -1.38. The lowest BCUT2D eigenvalue weighted by atomic mass is 10.0. The fourth-order valence-corrected chi connectivity index (χ4v) is 2.60. The molecule has 27 heavy (non-hydrogen) atoms. The average molecular weight is 372 g/mol. The van der Waals surface area contributed by atoms with Gasteiger partial charge in [-0.25, -0.2) is 9.59 Å². The number of aryl methyl sites for hydroxylation is 1. The van der Waals surface area contributed by atoms with Crippen LogP contribution in [0.5, 0.6) is 17.2 Å². The predicted molar refractivity (Wildman–Crippen MR) is 101 cm³/mol. The summed E-state index contributed by atoms with van der Waals surface area (Å²) < 4.78 is 15.6. The normalized spacial score (nSPS) is 10.3. The fourth-order valence-electron chi connectivity index (χ4n) is 2.60. The minimum absolute atomic E-state index is 0.247. The van der Waals surface area contributed by atoms with E-state index in [-0.39, 0.29) is 5.75 Å². The van der Waals surface area contributed by atoms with E-state index in [1.165, 1.54) is 12.1 Å². The van der Waals surface area contributed by atoms with Crippen LogP contribution in [0.25, 0.3) is 0 Å². The van der Waals surface area contributed by atoms with Crippen LogP contribution in [-0.2, 0) is 6.42 Å². The zero-order valence-corrected chi connectivity index (χ0v) is 15.6. The van der Waals surface area contributed by atoms with Crippen molar-refractivity contribution in [3.05, 3.63) is 53.6 Å². The molecule has 144 valence electrons. The molecule has 1 N–H and O–H groups in total. The van der Waals surface area contributed by atoms with E-state index < -0.39 is 12.1 Å². The Morgan fingerprint density at radius 3 is 2.26 bits per heavy atom. The highest BCUT2D eigenvalue weighted by Crippen LogP contribution is 2.24. The number of rotatable bonds is 9. The Kier molecular flexibility index (Phi) is 7.67. The fraction of sp³-hybridized carbons (Fsp3) is 0.333. The first-order chi connectivity index (χ1) is 13.0. The lowest BCUT2D eigenvalue weighted by Gasteiger charge is -2.11. The molecule has 0 radical (unpaired) electrons. The second-order valence-electron chi connectivity index (χ2n) is 5.94. The Morgan fingerprint density at radius 2 is 1.63 bits per heavy atom. The first kappa shape index (κ1) is 20.3. The van der Waals surface area contributed by atoms with E-state index in [1.807, 2.05) is 6.92 Å². The number of carbonyl (C=O) groups is 2. The Bertz CT molecular complexity index is 767. The maximum atomic E-state index is 12.4. The van der Waals surface area contributed by atoms with Gasteiger partial charge in [-0.1, -0.05) is 19.8 Å². The molecule has 2 aromatic carbocycles. The van der Waals surface area contributed by atoms with Crippen molar-refractivity contribution in [1.82, 2.24) is 0 Å². The number of unbranched alkanes of at least 4 members (excludes halogenated alkanes) is 2. The van der Waals surface area contributed by atoms with Gasteiger partial charge in [0.25, 0.3) is 0 Å². The van der Waals surface area contributed by atoms with Gasteiger partial charge in [0.2, 0.25) is 0 Å². The molecule has 0 saturated carbocycles. The van der Waals surface area contributed by atoms with Gasteiger partial charge in [0.15, 0.2) is 0 Å². The van der Waals surface area contributed by atoms with Crippen LogP contribution in [0.4, 0.5) is 4.79 Å². The Balaban J connectivity index is 2.14. The van der Waals surface area contributed by atoms with Crippen molar-refractivity contribution < 1.29 is 28.9 Å². The zero-order chi connectivity index (χ0) is 19.6. The molecule has 0 unspecified atom stereocenters. The molecule has 6 nitrogen and oxygen atoms in total. The number of carboxylic acid groups (broad SMARTS) is 1. The number of carbonyl (C=O) groups excluding carboxylic acids is 1. The molecule has 0 atom stereocenters. The quantitative estimate of drug-likeness (QED) is 0.286. The van der Waals surface area contributed by atoms with Crippen molar-refractivity contribution in [2.45, 2.75) is 39.5 Å². The van der Waals surface area contributed by atoms with Crippen molar-refractivity contribution in [1.29, 1.82) is 0 Å². The van der Waals surface area contributed by atoms with Gasteiger partial charge in [0.05, 0.1) is 12.2 Å². The summed E-state index contributed by atoms with van der Waals surface area (Å²) in [5.74, 6) is 0.835. The summed E-state index contributed by atoms with van der Waals surface area (Å²) in [6.45, 7) is 4.54. The highest BCUT2D eigenvalue weighted by Gasteiger charge is 2.14. The lowest BCUT2D eigenvalue weighted by Crippen LogP contribution is -2.11. The molecule has 2 aromatic rings. The van der Waals surface area contributed by atoms with Crippen molar-refractivity contribution in [3.8, 4) is 17.2 Å². The van der Waals surface area contributed by atoms with Crippen molar-refractivity contribution >= 4 is 12.1 Å². The van der Waals surface area contributed by atoms with Gasteiger partial charge in [-0.15, -0.1) is 0 Å². The molecule has 0 amide bonds. The van der Waals surface area contributed by atoms with Crippen LogP contribution in [0.2, 0.25) is 0 Å². The van der Waals surface area contributed by atoms with Crippen LogP contribution >= 0.6 is 0 Å². The molecule has 6 heteroatoms. The van der Waals surface area contributed by atoms with E-state index in [1.54, 1.807) is 30.3 Å². The molecule has 0 bridgehead atoms. The summed E-state index contributed by atoms with van der Waals surface area (Å²) in [7, 11) is 0. The summed E-state index contributed by atoms with van der Waals surface area (Å²) in [5, 5.41) is 8.87. The number of hydrogen-bond acceptors (Lipinski definition) is 5. The lowest BCUT2D eigenvalue weighted by molar-refractivity contribution is 0.0734. The molecule has 0 aliphatic rings. The summed E-state index contributed by atoms with van der Waals surface area (Å²) in [5.41, 5.74) is 1.01. The molecular weight excluding hydrogens is 348 g/mol. The van der Waals surface area contributed by atoms with Crippen molar-refractivity contribution in [2.75, 3.05) is 6.61 Å². The Morgan fingerprint density at radius 1 is 0.926 bits per heavy atom. The molecule has 2 rings (SSSR count). The first-order valence-corrected chi connectivity index (χ1v) is 9.02. The van der Waals surface area contributed by atoms with Crippen LogP contribution in [0, 0.1) is 0 Å². The minimum Gasteiger partial charge on any atom is -0.494 e. The third kappa shape index (κ3) is 6.33. The molecule has 0 fully saturated rings. The second-order valence-corrected chi connectivity index (χ2v) is 5.94. The van der Waals surface area contributed by atoms with Gasteiger partial charge in [-0.05, 0) is 67.8 Å². The van der Waals surface area contributed by atoms with Gasteiger partial charge in [0.1, 0.15) is 17.2 Å². The summed E-state index contributed by atoms with van der Waals surface area (Å²) in [6, 6.07) is 11.4. The average Bonchev–Trinajstić information content (AvgIpc) is 2.64. The van der Waals surface area contributed by atoms with Gasteiger partial charge in [-0.2, -0.15) is 0 Å².